The maximum Gasteiger partial charge on any atom is 0.401 e. The molecule has 1 aliphatic heterocycles. The van der Waals surface area contributed by atoms with E-state index < -0.39 is 12.7 Å². The van der Waals surface area contributed by atoms with Gasteiger partial charge in [0.25, 0.3) is 0 Å². The molecule has 0 aromatic carbocycles. The topological polar surface area (TPSA) is 6.48 Å². The van der Waals surface area contributed by atoms with Crippen molar-refractivity contribution in [2.24, 2.45) is 0 Å². The highest BCUT2D eigenvalue weighted by atomic mass is 35.5. The molecule has 1 saturated heterocycles. The van der Waals surface area contributed by atoms with Crippen LogP contribution in [0.5, 0.6) is 0 Å². The number of piperazine rings is 1. The number of rotatable bonds is 4. The maximum absolute atomic E-state index is 12.1. The maximum atomic E-state index is 12.1. The van der Waals surface area contributed by atoms with Gasteiger partial charge in [-0.1, -0.05) is 0 Å². The SMILES string of the molecule is Cl.Cl.FC(F)(F)CN1CCN(CCCCl)CC1. The summed E-state index contributed by atoms with van der Waals surface area (Å²) in [6.07, 6.45) is -3.17. The Morgan fingerprint density at radius 2 is 1.41 bits per heavy atom. The Hall–Kier alpha value is 0.580. The number of halogens is 6. The van der Waals surface area contributed by atoms with E-state index in [0.717, 1.165) is 13.0 Å². The average molecular weight is 318 g/mol. The van der Waals surface area contributed by atoms with Gasteiger partial charge in [0.1, 0.15) is 0 Å². The van der Waals surface area contributed by atoms with E-state index in [9.17, 15) is 13.2 Å². The Morgan fingerprint density at radius 3 is 1.82 bits per heavy atom. The standard InChI is InChI=1S/C9H16ClF3N2.2ClH/c10-2-1-3-14-4-6-15(7-5-14)8-9(11,12)13;;/h1-8H2;2*1H. The highest BCUT2D eigenvalue weighted by molar-refractivity contribution is 6.17. The van der Waals surface area contributed by atoms with E-state index in [0.29, 0.717) is 32.1 Å². The van der Waals surface area contributed by atoms with Crippen LogP contribution >= 0.6 is 36.4 Å². The second-order valence-electron chi connectivity index (χ2n) is 3.78. The van der Waals surface area contributed by atoms with Crippen LogP contribution in [-0.2, 0) is 0 Å². The summed E-state index contributed by atoms with van der Waals surface area (Å²) in [7, 11) is 0. The van der Waals surface area contributed by atoms with E-state index in [2.05, 4.69) is 4.90 Å². The first-order valence-corrected chi connectivity index (χ1v) is 5.62. The monoisotopic (exact) mass is 316 g/mol. The molecule has 0 saturated carbocycles. The molecule has 17 heavy (non-hydrogen) atoms. The first-order valence-electron chi connectivity index (χ1n) is 5.09. The lowest BCUT2D eigenvalue weighted by atomic mass is 10.3. The third-order valence-corrected chi connectivity index (χ3v) is 2.74. The van der Waals surface area contributed by atoms with Gasteiger partial charge in [-0.05, 0) is 13.0 Å². The van der Waals surface area contributed by atoms with Crippen LogP contribution in [0.1, 0.15) is 6.42 Å². The average Bonchev–Trinajstić information content (AvgIpc) is 2.14. The summed E-state index contributed by atoms with van der Waals surface area (Å²) < 4.78 is 36.2. The largest absolute Gasteiger partial charge is 0.401 e. The fourth-order valence-electron chi connectivity index (χ4n) is 1.71. The molecule has 0 amide bonds. The van der Waals surface area contributed by atoms with Crippen LogP contribution in [0.15, 0.2) is 0 Å². The Bertz CT molecular complexity index is 185. The normalized spacial score (nSPS) is 18.4. The molecule has 1 aliphatic rings. The summed E-state index contributed by atoms with van der Waals surface area (Å²) in [5.74, 6) is 0.614. The van der Waals surface area contributed by atoms with Crippen molar-refractivity contribution < 1.29 is 13.2 Å². The van der Waals surface area contributed by atoms with Gasteiger partial charge in [0.15, 0.2) is 0 Å². The molecular weight excluding hydrogens is 299 g/mol. The van der Waals surface area contributed by atoms with Gasteiger partial charge in [-0.3, -0.25) is 4.90 Å². The minimum atomic E-state index is -4.07. The minimum Gasteiger partial charge on any atom is -0.301 e. The second kappa shape index (κ2) is 9.50. The van der Waals surface area contributed by atoms with Crippen molar-refractivity contribution >= 4 is 36.4 Å². The highest BCUT2D eigenvalue weighted by Crippen LogP contribution is 2.17. The van der Waals surface area contributed by atoms with Gasteiger partial charge in [-0.15, -0.1) is 36.4 Å². The van der Waals surface area contributed by atoms with Gasteiger partial charge in [-0.2, -0.15) is 13.2 Å². The van der Waals surface area contributed by atoms with Crippen LogP contribution in [0.2, 0.25) is 0 Å². The first-order chi connectivity index (χ1) is 7.01. The quantitative estimate of drug-likeness (QED) is 0.736. The molecule has 2 nitrogen and oxygen atoms in total. The first kappa shape index (κ1) is 19.9. The molecular formula is C9H18Cl3F3N2. The lowest BCUT2D eigenvalue weighted by molar-refractivity contribution is -0.149. The van der Waals surface area contributed by atoms with E-state index in [1.807, 2.05) is 0 Å². The van der Waals surface area contributed by atoms with Crippen LogP contribution in [0.4, 0.5) is 13.2 Å². The van der Waals surface area contributed by atoms with Crippen molar-refractivity contribution in [1.29, 1.82) is 0 Å². The van der Waals surface area contributed by atoms with Crippen molar-refractivity contribution in [2.75, 3.05) is 45.1 Å². The predicted octanol–water partition coefficient (Wildman–Crippen LogP) is 2.64. The minimum absolute atomic E-state index is 0. The molecule has 8 heteroatoms. The van der Waals surface area contributed by atoms with Crippen LogP contribution in [-0.4, -0.2) is 61.1 Å². The lowest BCUT2D eigenvalue weighted by Gasteiger charge is -2.34. The van der Waals surface area contributed by atoms with E-state index >= 15 is 0 Å². The summed E-state index contributed by atoms with van der Waals surface area (Å²) in [5.41, 5.74) is 0. The molecule has 0 radical (unpaired) electrons. The van der Waals surface area contributed by atoms with Crippen molar-refractivity contribution in [1.82, 2.24) is 9.80 Å². The summed E-state index contributed by atoms with van der Waals surface area (Å²) in [4.78, 5) is 3.62. The van der Waals surface area contributed by atoms with Crippen LogP contribution in [0, 0.1) is 0 Å². The van der Waals surface area contributed by atoms with E-state index in [4.69, 9.17) is 11.6 Å². The van der Waals surface area contributed by atoms with Crippen LogP contribution < -0.4 is 0 Å². The Kier molecular flexibility index (Phi) is 11.1. The molecule has 0 unspecified atom stereocenters. The van der Waals surface area contributed by atoms with Gasteiger partial charge >= 0.3 is 6.18 Å². The van der Waals surface area contributed by atoms with Gasteiger partial charge in [0.05, 0.1) is 6.54 Å². The number of hydrogen-bond acceptors (Lipinski definition) is 2. The Balaban J connectivity index is 0. The lowest BCUT2D eigenvalue weighted by Crippen LogP contribution is -2.49. The number of alkyl halides is 4. The van der Waals surface area contributed by atoms with Gasteiger partial charge in [0, 0.05) is 32.1 Å². The molecule has 1 heterocycles. The zero-order valence-electron chi connectivity index (χ0n) is 9.38. The third-order valence-electron chi connectivity index (χ3n) is 2.48. The van der Waals surface area contributed by atoms with Crippen molar-refractivity contribution in [2.45, 2.75) is 12.6 Å². The molecule has 0 aromatic rings. The number of nitrogens with zero attached hydrogens (tertiary/aromatic N) is 2. The molecule has 106 valence electrons. The van der Waals surface area contributed by atoms with E-state index in [-0.39, 0.29) is 24.8 Å². The molecule has 1 fully saturated rings. The van der Waals surface area contributed by atoms with Gasteiger partial charge < -0.3 is 4.90 Å². The molecule has 0 aromatic heterocycles. The molecule has 0 spiro atoms. The van der Waals surface area contributed by atoms with Crippen LogP contribution in [0.25, 0.3) is 0 Å². The number of hydrogen-bond donors (Lipinski definition) is 0. The van der Waals surface area contributed by atoms with Crippen molar-refractivity contribution in [3.05, 3.63) is 0 Å². The van der Waals surface area contributed by atoms with Gasteiger partial charge in [0.2, 0.25) is 0 Å². The Labute approximate surface area is 117 Å². The van der Waals surface area contributed by atoms with Crippen molar-refractivity contribution in [3.8, 4) is 0 Å². The molecule has 1 rings (SSSR count). The second-order valence-corrected chi connectivity index (χ2v) is 4.15. The third kappa shape index (κ3) is 9.19. The van der Waals surface area contributed by atoms with Gasteiger partial charge in [-0.25, -0.2) is 0 Å². The van der Waals surface area contributed by atoms with E-state index in [1.54, 1.807) is 0 Å². The zero-order valence-corrected chi connectivity index (χ0v) is 11.8. The summed E-state index contributed by atoms with van der Waals surface area (Å²) in [6, 6.07) is 0. The van der Waals surface area contributed by atoms with Crippen LogP contribution in [0.3, 0.4) is 0 Å². The Morgan fingerprint density at radius 1 is 0.941 bits per heavy atom. The highest BCUT2D eigenvalue weighted by Gasteiger charge is 2.31. The fraction of sp³-hybridized carbons (Fsp3) is 1.00. The predicted molar refractivity (Wildman–Crippen MR) is 68.8 cm³/mol. The summed E-state index contributed by atoms with van der Waals surface area (Å²) in [6.45, 7) is 2.54. The van der Waals surface area contributed by atoms with E-state index in [1.165, 1.54) is 4.90 Å². The molecule has 0 atom stereocenters. The fourth-order valence-corrected chi connectivity index (χ4v) is 1.83. The summed E-state index contributed by atoms with van der Waals surface area (Å²) in [5, 5.41) is 0. The summed E-state index contributed by atoms with van der Waals surface area (Å²) >= 11 is 5.55. The van der Waals surface area contributed by atoms with Crippen molar-refractivity contribution in [3.63, 3.8) is 0 Å². The molecule has 0 aliphatic carbocycles. The molecule has 0 N–H and O–H groups in total. The smallest absolute Gasteiger partial charge is 0.301 e. The zero-order chi connectivity index (χ0) is 11.3. The molecule has 0 bridgehead atoms.